The van der Waals surface area contributed by atoms with Crippen LogP contribution in [0.25, 0.3) is 0 Å². The van der Waals surface area contributed by atoms with E-state index in [2.05, 4.69) is 16.3 Å². The van der Waals surface area contributed by atoms with Crippen LogP contribution in [-0.2, 0) is 6.54 Å². The topological polar surface area (TPSA) is 74.5 Å². The van der Waals surface area contributed by atoms with Gasteiger partial charge in [-0.3, -0.25) is 4.57 Å². The fraction of sp³-hybridized carbons (Fsp3) is 0.182. The van der Waals surface area contributed by atoms with Crippen molar-refractivity contribution in [3.05, 3.63) is 39.3 Å². The van der Waals surface area contributed by atoms with Crippen molar-refractivity contribution in [1.29, 1.82) is 5.26 Å². The second kappa shape index (κ2) is 5.29. The van der Waals surface area contributed by atoms with Crippen molar-refractivity contribution in [3.63, 3.8) is 0 Å². The molecule has 1 heterocycles. The van der Waals surface area contributed by atoms with Gasteiger partial charge in [0.1, 0.15) is 6.07 Å². The zero-order chi connectivity index (χ0) is 13.1. The molecule has 1 aromatic heterocycles. The van der Waals surface area contributed by atoms with Crippen molar-refractivity contribution in [2.75, 3.05) is 0 Å². The summed E-state index contributed by atoms with van der Waals surface area (Å²) in [4.78, 5) is 12.1. The molecular formula is C11H9ClN4OS. The highest BCUT2D eigenvalue weighted by molar-refractivity contribution is 7.99. The zero-order valence-corrected chi connectivity index (χ0v) is 11.0. The minimum absolute atomic E-state index is 0.263. The van der Waals surface area contributed by atoms with Gasteiger partial charge in [-0.05, 0) is 36.9 Å². The zero-order valence-electron chi connectivity index (χ0n) is 9.48. The number of rotatable bonds is 3. The Bertz CT molecular complexity index is 670. The van der Waals surface area contributed by atoms with Crippen molar-refractivity contribution in [1.82, 2.24) is 14.8 Å². The number of H-pyrrole nitrogens is 1. The first-order chi connectivity index (χ1) is 8.65. The second-order valence-corrected chi connectivity index (χ2v) is 4.86. The summed E-state index contributed by atoms with van der Waals surface area (Å²) >= 11 is 7.14. The third kappa shape index (κ3) is 2.42. The van der Waals surface area contributed by atoms with Gasteiger partial charge in [-0.25, -0.2) is 9.89 Å². The Morgan fingerprint density at radius 3 is 3.06 bits per heavy atom. The first kappa shape index (κ1) is 12.7. The van der Waals surface area contributed by atoms with E-state index in [1.165, 1.54) is 16.3 Å². The molecule has 0 spiro atoms. The van der Waals surface area contributed by atoms with Gasteiger partial charge in [-0.2, -0.15) is 5.26 Å². The highest BCUT2D eigenvalue weighted by Gasteiger charge is 2.11. The van der Waals surface area contributed by atoms with E-state index in [-0.39, 0.29) is 5.69 Å². The fourth-order valence-corrected chi connectivity index (χ4v) is 2.69. The van der Waals surface area contributed by atoms with E-state index >= 15 is 0 Å². The summed E-state index contributed by atoms with van der Waals surface area (Å²) in [6, 6.07) is 7.07. The van der Waals surface area contributed by atoms with Gasteiger partial charge in [0.15, 0.2) is 5.16 Å². The highest BCUT2D eigenvalue weighted by Crippen LogP contribution is 2.30. The van der Waals surface area contributed by atoms with E-state index in [1.807, 2.05) is 6.92 Å². The SMILES string of the molecule is CCn1c(Sc2cc(Cl)ccc2C#N)n[nH]c1=O. The Morgan fingerprint density at radius 2 is 2.39 bits per heavy atom. The van der Waals surface area contributed by atoms with Crippen LogP contribution in [0.1, 0.15) is 12.5 Å². The fourth-order valence-electron chi connectivity index (χ4n) is 1.43. The first-order valence-corrected chi connectivity index (χ1v) is 6.38. The smallest absolute Gasteiger partial charge is 0.270 e. The maximum Gasteiger partial charge on any atom is 0.343 e. The van der Waals surface area contributed by atoms with Crippen LogP contribution in [-0.4, -0.2) is 14.8 Å². The van der Waals surface area contributed by atoms with E-state index in [0.717, 1.165) is 0 Å². The van der Waals surface area contributed by atoms with E-state index in [1.54, 1.807) is 18.2 Å². The maximum atomic E-state index is 11.4. The number of benzene rings is 1. The number of aromatic nitrogens is 3. The van der Waals surface area contributed by atoms with Crippen LogP contribution in [0.5, 0.6) is 0 Å². The molecule has 2 rings (SSSR count). The van der Waals surface area contributed by atoms with E-state index in [0.29, 0.717) is 27.2 Å². The lowest BCUT2D eigenvalue weighted by Gasteiger charge is -2.04. The minimum atomic E-state index is -0.263. The minimum Gasteiger partial charge on any atom is -0.270 e. The second-order valence-electron chi connectivity index (χ2n) is 3.41. The average Bonchev–Trinajstić information content (AvgIpc) is 2.70. The molecule has 0 fully saturated rings. The summed E-state index contributed by atoms with van der Waals surface area (Å²) in [5.41, 5.74) is 0.239. The van der Waals surface area contributed by atoms with Gasteiger partial charge in [-0.15, -0.1) is 5.10 Å². The number of nitrogens with zero attached hydrogens (tertiary/aromatic N) is 3. The summed E-state index contributed by atoms with van der Waals surface area (Å²) in [5, 5.41) is 16.4. The Morgan fingerprint density at radius 1 is 1.61 bits per heavy atom. The predicted molar refractivity (Wildman–Crippen MR) is 68.8 cm³/mol. The monoisotopic (exact) mass is 280 g/mol. The van der Waals surface area contributed by atoms with Crippen LogP contribution in [0.2, 0.25) is 5.02 Å². The molecule has 18 heavy (non-hydrogen) atoms. The number of hydrogen-bond acceptors (Lipinski definition) is 4. The van der Waals surface area contributed by atoms with Crippen LogP contribution < -0.4 is 5.69 Å². The molecule has 0 bridgehead atoms. The lowest BCUT2D eigenvalue weighted by Crippen LogP contribution is -2.16. The van der Waals surface area contributed by atoms with Gasteiger partial charge in [0.2, 0.25) is 0 Å². The molecule has 0 atom stereocenters. The van der Waals surface area contributed by atoms with Gasteiger partial charge in [0, 0.05) is 16.5 Å². The van der Waals surface area contributed by atoms with Gasteiger partial charge in [-0.1, -0.05) is 11.6 Å². The molecule has 0 aliphatic rings. The summed E-state index contributed by atoms with van der Waals surface area (Å²) in [7, 11) is 0. The van der Waals surface area contributed by atoms with Crippen molar-refractivity contribution < 1.29 is 0 Å². The standard InChI is InChI=1S/C11H9ClN4OS/c1-2-16-10(17)14-15-11(16)18-9-5-8(12)4-3-7(9)6-13/h3-5H,2H2,1H3,(H,14,17). The van der Waals surface area contributed by atoms with Crippen molar-refractivity contribution in [2.24, 2.45) is 0 Å². The average molecular weight is 281 g/mol. The third-order valence-electron chi connectivity index (χ3n) is 2.30. The van der Waals surface area contributed by atoms with Crippen LogP contribution in [0.4, 0.5) is 0 Å². The molecule has 7 heteroatoms. The van der Waals surface area contributed by atoms with Crippen LogP contribution in [0, 0.1) is 11.3 Å². The van der Waals surface area contributed by atoms with Gasteiger partial charge in [0.05, 0.1) is 5.56 Å². The number of halogens is 1. The molecule has 0 radical (unpaired) electrons. The molecule has 0 saturated carbocycles. The maximum absolute atomic E-state index is 11.4. The van der Waals surface area contributed by atoms with E-state index in [9.17, 15) is 4.79 Å². The van der Waals surface area contributed by atoms with Crippen LogP contribution in [0.15, 0.2) is 33.0 Å². The normalized spacial score (nSPS) is 10.3. The summed E-state index contributed by atoms with van der Waals surface area (Å²) in [5.74, 6) is 0. The largest absolute Gasteiger partial charge is 0.343 e. The molecule has 1 aromatic carbocycles. The Labute approximate surface area is 112 Å². The molecule has 0 saturated heterocycles. The molecular weight excluding hydrogens is 272 g/mol. The summed E-state index contributed by atoms with van der Waals surface area (Å²) in [6.07, 6.45) is 0. The van der Waals surface area contributed by atoms with Crippen LogP contribution >= 0.6 is 23.4 Å². The van der Waals surface area contributed by atoms with Crippen molar-refractivity contribution in [2.45, 2.75) is 23.5 Å². The van der Waals surface area contributed by atoms with Gasteiger partial charge >= 0.3 is 5.69 Å². The first-order valence-electron chi connectivity index (χ1n) is 5.18. The van der Waals surface area contributed by atoms with Crippen molar-refractivity contribution in [3.8, 4) is 6.07 Å². The highest BCUT2D eigenvalue weighted by atomic mass is 35.5. The van der Waals surface area contributed by atoms with Gasteiger partial charge < -0.3 is 0 Å². The lowest BCUT2D eigenvalue weighted by molar-refractivity contribution is 0.660. The third-order valence-corrected chi connectivity index (χ3v) is 3.59. The van der Waals surface area contributed by atoms with Crippen LogP contribution in [0.3, 0.4) is 0 Å². The number of nitriles is 1. The number of hydrogen-bond donors (Lipinski definition) is 1. The molecule has 2 aromatic rings. The molecule has 5 nitrogen and oxygen atoms in total. The predicted octanol–water partition coefficient (Wildman–Crippen LogP) is 2.27. The molecule has 0 amide bonds. The number of aromatic amines is 1. The van der Waals surface area contributed by atoms with E-state index in [4.69, 9.17) is 16.9 Å². The molecule has 0 unspecified atom stereocenters. The molecule has 0 aliphatic heterocycles. The molecule has 0 aliphatic carbocycles. The summed E-state index contributed by atoms with van der Waals surface area (Å²) in [6.45, 7) is 2.37. The summed E-state index contributed by atoms with van der Waals surface area (Å²) < 4.78 is 1.49. The molecule has 92 valence electrons. The van der Waals surface area contributed by atoms with Gasteiger partial charge in [0.25, 0.3) is 0 Å². The number of nitrogens with one attached hydrogen (secondary N) is 1. The van der Waals surface area contributed by atoms with E-state index < -0.39 is 0 Å². The molecule has 1 N–H and O–H groups in total. The Hall–Kier alpha value is -1.71. The lowest BCUT2D eigenvalue weighted by atomic mass is 10.2. The Balaban J connectivity index is 2.43. The van der Waals surface area contributed by atoms with Crippen molar-refractivity contribution >= 4 is 23.4 Å². The quantitative estimate of drug-likeness (QED) is 0.936. The Kier molecular flexibility index (Phi) is 3.75.